The highest BCUT2D eigenvalue weighted by atomic mass is 35.5. The minimum absolute atomic E-state index is 0. The summed E-state index contributed by atoms with van der Waals surface area (Å²) in [6.45, 7) is 0.190. The molecule has 0 spiro atoms. The van der Waals surface area contributed by atoms with Gasteiger partial charge in [0.2, 0.25) is 0 Å². The molecule has 0 aliphatic rings. The number of hydrogen-bond acceptors (Lipinski definition) is 3. The van der Waals surface area contributed by atoms with Crippen LogP contribution in [-0.4, -0.2) is 6.09 Å². The van der Waals surface area contributed by atoms with Crippen LogP contribution < -0.4 is 11.5 Å². The van der Waals surface area contributed by atoms with Gasteiger partial charge in [0.15, 0.2) is 0 Å². The number of nitrogens with two attached hydrogens (primary N) is 2. The predicted octanol–water partition coefficient (Wildman–Crippen LogP) is 1.29. The Morgan fingerprint density at radius 2 is 1.85 bits per heavy atom. The average Bonchev–Trinajstić information content (AvgIpc) is 2.03. The highest BCUT2D eigenvalue weighted by Gasteiger charge is 1.95. The first-order valence-electron chi connectivity index (χ1n) is 3.45. The number of hydrogen-bond donors (Lipinski definition) is 2. The van der Waals surface area contributed by atoms with Crippen LogP contribution in [0.4, 0.5) is 10.5 Å². The van der Waals surface area contributed by atoms with Crippen molar-refractivity contribution in [1.82, 2.24) is 0 Å². The largest absolute Gasteiger partial charge is 0.445 e. The fourth-order valence-electron chi connectivity index (χ4n) is 0.768. The third kappa shape index (κ3) is 4.22. The Morgan fingerprint density at radius 1 is 1.31 bits per heavy atom. The van der Waals surface area contributed by atoms with E-state index < -0.39 is 6.09 Å². The van der Waals surface area contributed by atoms with E-state index in [1.165, 1.54) is 0 Å². The molecular weight excluding hydrogens is 192 g/mol. The standard InChI is InChI=1S/C8H10N2O2.ClH/c9-7-3-1-6(2-4-7)5-12-8(10)11;/h1-4H,5,9H2,(H2,10,11);1H. The van der Waals surface area contributed by atoms with Crippen LogP contribution in [0.15, 0.2) is 24.3 Å². The number of nitrogen functional groups attached to an aromatic ring is 1. The molecule has 1 rings (SSSR count). The zero-order chi connectivity index (χ0) is 8.97. The molecule has 0 unspecified atom stereocenters. The van der Waals surface area contributed by atoms with Crippen molar-refractivity contribution < 1.29 is 9.53 Å². The molecule has 1 aromatic rings. The topological polar surface area (TPSA) is 78.3 Å². The first-order chi connectivity index (χ1) is 5.68. The van der Waals surface area contributed by atoms with Gasteiger partial charge in [-0.25, -0.2) is 4.79 Å². The van der Waals surface area contributed by atoms with Crippen molar-refractivity contribution in [1.29, 1.82) is 0 Å². The Morgan fingerprint density at radius 3 is 2.31 bits per heavy atom. The van der Waals surface area contributed by atoms with Gasteiger partial charge in [0.1, 0.15) is 6.61 Å². The number of anilines is 1. The third-order valence-corrected chi connectivity index (χ3v) is 1.36. The van der Waals surface area contributed by atoms with E-state index in [4.69, 9.17) is 11.5 Å². The van der Waals surface area contributed by atoms with E-state index in [9.17, 15) is 4.79 Å². The van der Waals surface area contributed by atoms with E-state index in [1.807, 2.05) is 0 Å². The van der Waals surface area contributed by atoms with E-state index in [-0.39, 0.29) is 19.0 Å². The second-order valence-electron chi connectivity index (χ2n) is 2.35. The van der Waals surface area contributed by atoms with Crippen LogP contribution in [-0.2, 0) is 11.3 Å². The summed E-state index contributed by atoms with van der Waals surface area (Å²) in [7, 11) is 0. The van der Waals surface area contributed by atoms with Gasteiger partial charge in [0, 0.05) is 5.69 Å². The van der Waals surface area contributed by atoms with Gasteiger partial charge in [-0.1, -0.05) is 12.1 Å². The van der Waals surface area contributed by atoms with Crippen molar-refractivity contribution in [3.05, 3.63) is 29.8 Å². The van der Waals surface area contributed by atoms with Gasteiger partial charge in [0.05, 0.1) is 0 Å². The van der Waals surface area contributed by atoms with Crippen molar-refractivity contribution in [2.24, 2.45) is 5.73 Å². The molecule has 1 amide bonds. The fourth-order valence-corrected chi connectivity index (χ4v) is 0.768. The van der Waals surface area contributed by atoms with E-state index in [0.29, 0.717) is 5.69 Å². The van der Waals surface area contributed by atoms with Crippen LogP contribution in [0.5, 0.6) is 0 Å². The number of benzene rings is 1. The molecule has 4 nitrogen and oxygen atoms in total. The summed E-state index contributed by atoms with van der Waals surface area (Å²) in [6.07, 6.45) is -0.771. The number of primary amides is 1. The molecule has 0 bridgehead atoms. The van der Waals surface area contributed by atoms with Crippen molar-refractivity contribution in [3.63, 3.8) is 0 Å². The van der Waals surface area contributed by atoms with Gasteiger partial charge < -0.3 is 16.2 Å². The number of carbonyl (C=O) groups is 1. The smallest absolute Gasteiger partial charge is 0.404 e. The predicted molar refractivity (Wildman–Crippen MR) is 52.5 cm³/mol. The average molecular weight is 203 g/mol. The summed E-state index contributed by atoms with van der Waals surface area (Å²) in [6, 6.07) is 7.02. The molecule has 0 aliphatic heterocycles. The van der Waals surface area contributed by atoms with Crippen molar-refractivity contribution in [3.8, 4) is 0 Å². The molecule has 0 aliphatic carbocycles. The monoisotopic (exact) mass is 202 g/mol. The Labute approximate surface area is 82.3 Å². The number of ether oxygens (including phenoxy) is 1. The Hall–Kier alpha value is -1.42. The zero-order valence-electron chi connectivity index (χ0n) is 6.90. The summed E-state index contributed by atoms with van der Waals surface area (Å²) >= 11 is 0. The van der Waals surface area contributed by atoms with Crippen molar-refractivity contribution in [2.75, 3.05) is 5.73 Å². The van der Waals surface area contributed by atoms with Crippen LogP contribution in [0, 0.1) is 0 Å². The molecule has 0 fully saturated rings. The summed E-state index contributed by atoms with van der Waals surface area (Å²) in [5.74, 6) is 0. The highest BCUT2D eigenvalue weighted by molar-refractivity contribution is 5.85. The summed E-state index contributed by atoms with van der Waals surface area (Å²) in [5, 5.41) is 0. The van der Waals surface area contributed by atoms with Crippen LogP contribution in [0.25, 0.3) is 0 Å². The summed E-state index contributed by atoms with van der Waals surface area (Å²) in [4.78, 5) is 10.2. The molecule has 13 heavy (non-hydrogen) atoms. The molecule has 5 heteroatoms. The van der Waals surface area contributed by atoms with Crippen molar-refractivity contribution in [2.45, 2.75) is 6.61 Å². The SMILES string of the molecule is Cl.NC(=O)OCc1ccc(N)cc1. The summed E-state index contributed by atoms with van der Waals surface area (Å²) in [5.41, 5.74) is 11.8. The maximum Gasteiger partial charge on any atom is 0.404 e. The molecule has 0 atom stereocenters. The minimum Gasteiger partial charge on any atom is -0.445 e. The maximum atomic E-state index is 10.2. The molecular formula is C8H11ClN2O2. The lowest BCUT2D eigenvalue weighted by Gasteiger charge is -2.01. The molecule has 4 N–H and O–H groups in total. The van der Waals surface area contributed by atoms with Gasteiger partial charge in [-0.05, 0) is 17.7 Å². The molecule has 0 radical (unpaired) electrons. The van der Waals surface area contributed by atoms with E-state index in [2.05, 4.69) is 4.74 Å². The number of rotatable bonds is 2. The second-order valence-corrected chi connectivity index (χ2v) is 2.35. The first kappa shape index (κ1) is 11.6. The Kier molecular flexibility index (Phi) is 4.69. The van der Waals surface area contributed by atoms with Crippen LogP contribution >= 0.6 is 12.4 Å². The highest BCUT2D eigenvalue weighted by Crippen LogP contribution is 2.06. The van der Waals surface area contributed by atoms with E-state index in [1.54, 1.807) is 24.3 Å². The lowest BCUT2D eigenvalue weighted by atomic mass is 10.2. The third-order valence-electron chi connectivity index (χ3n) is 1.36. The Balaban J connectivity index is 0.00000144. The lowest BCUT2D eigenvalue weighted by Crippen LogP contribution is -2.12. The first-order valence-corrected chi connectivity index (χ1v) is 3.45. The van der Waals surface area contributed by atoms with E-state index in [0.717, 1.165) is 5.56 Å². The minimum atomic E-state index is -0.771. The van der Waals surface area contributed by atoms with Crippen LogP contribution in [0.3, 0.4) is 0 Å². The molecule has 0 saturated heterocycles. The number of carbonyl (C=O) groups excluding carboxylic acids is 1. The quantitative estimate of drug-likeness (QED) is 0.710. The zero-order valence-corrected chi connectivity index (χ0v) is 7.71. The lowest BCUT2D eigenvalue weighted by molar-refractivity contribution is 0.150. The van der Waals surface area contributed by atoms with Gasteiger partial charge in [-0.3, -0.25) is 0 Å². The van der Waals surface area contributed by atoms with Gasteiger partial charge in [-0.15, -0.1) is 12.4 Å². The maximum absolute atomic E-state index is 10.2. The van der Waals surface area contributed by atoms with Gasteiger partial charge in [0.25, 0.3) is 0 Å². The fraction of sp³-hybridized carbons (Fsp3) is 0.125. The number of halogens is 1. The van der Waals surface area contributed by atoms with Gasteiger partial charge >= 0.3 is 6.09 Å². The van der Waals surface area contributed by atoms with Crippen LogP contribution in [0.2, 0.25) is 0 Å². The van der Waals surface area contributed by atoms with Crippen LogP contribution in [0.1, 0.15) is 5.56 Å². The van der Waals surface area contributed by atoms with Crippen molar-refractivity contribution >= 4 is 24.2 Å². The second kappa shape index (κ2) is 5.27. The van der Waals surface area contributed by atoms with Gasteiger partial charge in [-0.2, -0.15) is 0 Å². The molecule has 1 aromatic carbocycles. The Bertz CT molecular complexity index is 274. The molecule has 0 aromatic heterocycles. The number of amides is 1. The molecule has 72 valence electrons. The normalized spacial score (nSPS) is 8.62. The molecule has 0 heterocycles. The van der Waals surface area contributed by atoms with E-state index >= 15 is 0 Å². The summed E-state index contributed by atoms with van der Waals surface area (Å²) < 4.78 is 4.57. The molecule has 0 saturated carbocycles.